The lowest BCUT2D eigenvalue weighted by atomic mass is 10.1. The molecule has 0 atom stereocenters. The number of fused-ring (bicyclic) bond motifs is 1. The van der Waals surface area contributed by atoms with E-state index in [2.05, 4.69) is 28.4 Å². The number of aromatic nitrogens is 4. The SMILES string of the molecule is c1ccc(COc2cccc(-c3nn(Cc4nnco4)c4ccccc34)c2)cc#1. The zero-order valence-electron chi connectivity index (χ0n) is 15.4. The number of nitrogens with zero attached hydrogens (tertiary/aromatic N) is 4. The summed E-state index contributed by atoms with van der Waals surface area (Å²) in [5, 5.41) is 13.6. The van der Waals surface area contributed by atoms with Gasteiger partial charge < -0.3 is 9.15 Å². The van der Waals surface area contributed by atoms with E-state index in [1.807, 2.05) is 65.3 Å². The van der Waals surface area contributed by atoms with Gasteiger partial charge in [-0.3, -0.25) is 4.68 Å². The van der Waals surface area contributed by atoms with Crippen LogP contribution in [-0.4, -0.2) is 20.0 Å². The number of hydrogen-bond acceptors (Lipinski definition) is 5. The van der Waals surface area contributed by atoms with Crippen LogP contribution in [0.1, 0.15) is 11.5 Å². The van der Waals surface area contributed by atoms with Crippen molar-refractivity contribution in [1.29, 1.82) is 0 Å². The molecular formula is C23H16N4O2. The van der Waals surface area contributed by atoms with Crippen molar-refractivity contribution < 1.29 is 9.15 Å². The second-order valence-corrected chi connectivity index (χ2v) is 6.51. The molecular weight excluding hydrogens is 364 g/mol. The Morgan fingerprint density at radius 2 is 2.00 bits per heavy atom. The van der Waals surface area contributed by atoms with E-state index < -0.39 is 0 Å². The summed E-state index contributed by atoms with van der Waals surface area (Å²) in [4.78, 5) is 0. The van der Waals surface area contributed by atoms with Crippen molar-refractivity contribution in [3.63, 3.8) is 0 Å². The fraction of sp³-hybridized carbons (Fsp3) is 0.0870. The minimum absolute atomic E-state index is 0.415. The molecule has 0 aliphatic heterocycles. The molecule has 0 amide bonds. The molecule has 2 heterocycles. The van der Waals surface area contributed by atoms with Crippen molar-refractivity contribution in [2.24, 2.45) is 0 Å². The third-order valence-corrected chi connectivity index (χ3v) is 4.58. The van der Waals surface area contributed by atoms with Crippen LogP contribution in [0.3, 0.4) is 0 Å². The number of benzene rings is 2. The van der Waals surface area contributed by atoms with Crippen LogP contribution in [0, 0.1) is 12.1 Å². The average Bonchev–Trinajstić information content (AvgIpc) is 3.42. The smallest absolute Gasteiger partial charge is 0.237 e. The normalized spacial score (nSPS) is 10.8. The van der Waals surface area contributed by atoms with Crippen LogP contribution in [0.2, 0.25) is 0 Å². The van der Waals surface area contributed by atoms with Gasteiger partial charge in [-0.2, -0.15) is 5.10 Å². The van der Waals surface area contributed by atoms with Gasteiger partial charge in [-0.1, -0.05) is 42.5 Å². The van der Waals surface area contributed by atoms with E-state index in [0.29, 0.717) is 19.0 Å². The van der Waals surface area contributed by atoms with Gasteiger partial charge in [0.2, 0.25) is 12.3 Å². The second-order valence-electron chi connectivity index (χ2n) is 6.51. The number of hydrogen-bond donors (Lipinski definition) is 0. The maximum absolute atomic E-state index is 5.96. The average molecular weight is 380 g/mol. The molecule has 0 fully saturated rings. The van der Waals surface area contributed by atoms with Crippen LogP contribution in [0.15, 0.2) is 77.5 Å². The Labute approximate surface area is 167 Å². The van der Waals surface area contributed by atoms with Crippen molar-refractivity contribution >= 4 is 10.9 Å². The monoisotopic (exact) mass is 380 g/mol. The lowest BCUT2D eigenvalue weighted by Gasteiger charge is -2.07. The van der Waals surface area contributed by atoms with Gasteiger partial charge >= 0.3 is 0 Å². The summed E-state index contributed by atoms with van der Waals surface area (Å²) in [6, 6.07) is 27.5. The van der Waals surface area contributed by atoms with Crippen LogP contribution in [0.4, 0.5) is 0 Å². The van der Waals surface area contributed by atoms with Gasteiger partial charge in [0.15, 0.2) is 0 Å². The molecule has 0 unspecified atom stereocenters. The quantitative estimate of drug-likeness (QED) is 0.439. The molecule has 0 N–H and O–H groups in total. The lowest BCUT2D eigenvalue weighted by molar-refractivity contribution is 0.306. The zero-order valence-corrected chi connectivity index (χ0v) is 15.4. The molecule has 0 bridgehead atoms. The first kappa shape index (κ1) is 17.0. The molecule has 0 saturated heterocycles. The van der Waals surface area contributed by atoms with E-state index in [0.717, 1.165) is 33.5 Å². The summed E-state index contributed by atoms with van der Waals surface area (Å²) < 4.78 is 13.1. The topological polar surface area (TPSA) is 66.0 Å². The summed E-state index contributed by atoms with van der Waals surface area (Å²) >= 11 is 0. The summed E-state index contributed by atoms with van der Waals surface area (Å²) in [7, 11) is 0. The fourth-order valence-electron chi connectivity index (χ4n) is 3.22. The van der Waals surface area contributed by atoms with Gasteiger partial charge in [0, 0.05) is 10.9 Å². The number of ether oxygens (including phenoxy) is 1. The molecule has 0 aliphatic carbocycles. The van der Waals surface area contributed by atoms with Crippen LogP contribution >= 0.6 is 0 Å². The predicted molar refractivity (Wildman–Crippen MR) is 107 cm³/mol. The first-order valence-corrected chi connectivity index (χ1v) is 9.17. The third kappa shape index (κ3) is 3.54. The first-order valence-electron chi connectivity index (χ1n) is 9.17. The standard InChI is InChI=1S/C23H16N4O2/c1-2-7-17(8-3-1)15-28-19-10-6-9-18(13-19)23-20-11-4-5-12-21(20)27(26-23)14-22-25-24-16-29-22/h2,4-13,16H,14-15H2. The van der Waals surface area contributed by atoms with E-state index in [9.17, 15) is 0 Å². The van der Waals surface area contributed by atoms with E-state index >= 15 is 0 Å². The number of rotatable bonds is 6. The summed E-state index contributed by atoms with van der Waals surface area (Å²) in [5.74, 6) is 1.30. The van der Waals surface area contributed by atoms with Crippen LogP contribution in [0.5, 0.6) is 5.75 Å². The van der Waals surface area contributed by atoms with E-state index in [-0.39, 0.29) is 0 Å². The summed E-state index contributed by atoms with van der Waals surface area (Å²) in [6.45, 7) is 0.888. The van der Waals surface area contributed by atoms with E-state index in [1.54, 1.807) is 0 Å². The Kier molecular flexibility index (Phi) is 4.39. The molecule has 0 radical (unpaired) electrons. The number of para-hydroxylation sites is 1. The van der Waals surface area contributed by atoms with E-state index in [4.69, 9.17) is 14.3 Å². The van der Waals surface area contributed by atoms with Crippen molar-refractivity contribution in [3.05, 3.63) is 96.7 Å². The summed E-state index contributed by atoms with van der Waals surface area (Å²) in [5.41, 5.74) is 3.91. The van der Waals surface area contributed by atoms with Gasteiger partial charge in [0.05, 0.1) is 5.52 Å². The minimum atomic E-state index is 0.415. The molecule has 0 saturated carbocycles. The van der Waals surface area contributed by atoms with Gasteiger partial charge in [-0.25, -0.2) is 0 Å². The Balaban J connectivity index is 1.47. The van der Waals surface area contributed by atoms with E-state index in [1.165, 1.54) is 6.39 Å². The fourth-order valence-corrected chi connectivity index (χ4v) is 3.22. The lowest BCUT2D eigenvalue weighted by Crippen LogP contribution is -2.02. The highest BCUT2D eigenvalue weighted by Crippen LogP contribution is 2.30. The van der Waals surface area contributed by atoms with Crippen molar-refractivity contribution in [1.82, 2.24) is 20.0 Å². The van der Waals surface area contributed by atoms with Gasteiger partial charge in [-0.15, -0.1) is 10.2 Å². The molecule has 6 nitrogen and oxygen atoms in total. The highest BCUT2D eigenvalue weighted by atomic mass is 16.5. The van der Waals surface area contributed by atoms with Gasteiger partial charge in [-0.05, 0) is 42.0 Å². The molecule has 140 valence electrons. The summed E-state index contributed by atoms with van der Waals surface area (Å²) in [6.07, 6.45) is 1.32. The molecule has 0 aliphatic rings. The van der Waals surface area contributed by atoms with Gasteiger partial charge in [0.25, 0.3) is 0 Å². The van der Waals surface area contributed by atoms with Crippen LogP contribution in [-0.2, 0) is 13.2 Å². The Hall–Kier alpha value is -4.11. The zero-order chi connectivity index (χ0) is 19.5. The largest absolute Gasteiger partial charge is 0.489 e. The maximum atomic E-state index is 5.96. The Morgan fingerprint density at radius 3 is 2.86 bits per heavy atom. The Morgan fingerprint density at radius 1 is 1.03 bits per heavy atom. The highest BCUT2D eigenvalue weighted by Gasteiger charge is 2.14. The molecule has 0 spiro atoms. The molecule has 6 heteroatoms. The van der Waals surface area contributed by atoms with Gasteiger partial charge in [0.1, 0.15) is 24.6 Å². The van der Waals surface area contributed by atoms with Crippen molar-refractivity contribution in [2.45, 2.75) is 13.2 Å². The Bertz CT molecular complexity index is 1230. The third-order valence-electron chi connectivity index (χ3n) is 4.58. The molecule has 5 aromatic rings. The van der Waals surface area contributed by atoms with Crippen molar-refractivity contribution in [3.8, 4) is 17.0 Å². The second kappa shape index (κ2) is 7.49. The minimum Gasteiger partial charge on any atom is -0.489 e. The molecule has 3 aromatic carbocycles. The van der Waals surface area contributed by atoms with Crippen LogP contribution in [0.25, 0.3) is 22.2 Å². The molecule has 5 rings (SSSR count). The van der Waals surface area contributed by atoms with Crippen LogP contribution < -0.4 is 4.74 Å². The molecule has 2 aromatic heterocycles. The molecule has 29 heavy (non-hydrogen) atoms. The van der Waals surface area contributed by atoms with Crippen molar-refractivity contribution in [2.75, 3.05) is 0 Å². The maximum Gasteiger partial charge on any atom is 0.237 e. The predicted octanol–water partition coefficient (Wildman–Crippen LogP) is 4.31. The highest BCUT2D eigenvalue weighted by molar-refractivity contribution is 5.93. The first-order chi connectivity index (χ1) is 14.4.